The summed E-state index contributed by atoms with van der Waals surface area (Å²) in [5.74, 6) is -0.866. The molecule has 2 fully saturated rings. The van der Waals surface area contributed by atoms with Crippen LogP contribution in [0.4, 0.5) is 11.4 Å². The number of ether oxygens (including phenoxy) is 1. The lowest BCUT2D eigenvalue weighted by molar-refractivity contribution is -0.132. The van der Waals surface area contributed by atoms with Crippen molar-refractivity contribution in [3.63, 3.8) is 0 Å². The fourth-order valence-electron chi connectivity index (χ4n) is 5.23. The second-order valence-electron chi connectivity index (χ2n) is 10.3. The van der Waals surface area contributed by atoms with Crippen molar-refractivity contribution in [2.75, 3.05) is 49.6 Å². The normalized spacial score (nSPS) is 19.5. The highest BCUT2D eigenvalue weighted by Crippen LogP contribution is 2.42. The van der Waals surface area contributed by atoms with Gasteiger partial charge in [0.05, 0.1) is 18.2 Å². The quantitative estimate of drug-likeness (QED) is 0.261. The maximum Gasteiger partial charge on any atom is 0.300 e. The SMILES string of the molecule is CCCOc1ccc(/C(O)=C2\C(=O)C(=O)N(c3ccc(N4CCN(C)CC4)cc3)C2c2cccc(C)c2)cc1. The summed E-state index contributed by atoms with van der Waals surface area (Å²) in [6, 6.07) is 21.7. The van der Waals surface area contributed by atoms with Crippen molar-refractivity contribution in [1.82, 2.24) is 4.90 Å². The molecule has 202 valence electrons. The van der Waals surface area contributed by atoms with Gasteiger partial charge in [0.15, 0.2) is 0 Å². The number of ketones is 1. The van der Waals surface area contributed by atoms with E-state index in [0.717, 1.165) is 49.4 Å². The zero-order valence-corrected chi connectivity index (χ0v) is 22.8. The molecule has 2 aliphatic rings. The number of nitrogens with zero attached hydrogens (tertiary/aromatic N) is 3. The standard InChI is InChI=1S/C32H35N3O4/c1-4-20-39-27-14-8-23(9-15-27)30(36)28-29(24-7-5-6-22(2)21-24)35(32(38)31(28)37)26-12-10-25(11-13-26)34-18-16-33(3)17-19-34/h5-15,21,29,36H,4,16-20H2,1-3H3/b30-28+. The maximum absolute atomic E-state index is 13.5. The Hall–Kier alpha value is -4.10. The summed E-state index contributed by atoms with van der Waals surface area (Å²) in [5.41, 5.74) is 4.00. The van der Waals surface area contributed by atoms with Crippen molar-refractivity contribution < 1.29 is 19.4 Å². The lowest BCUT2D eigenvalue weighted by atomic mass is 9.94. The Labute approximate surface area is 229 Å². The molecule has 0 saturated carbocycles. The van der Waals surface area contributed by atoms with Gasteiger partial charge in [-0.05, 0) is 74.5 Å². The van der Waals surface area contributed by atoms with Gasteiger partial charge in [0.1, 0.15) is 11.5 Å². The third-order valence-corrected chi connectivity index (χ3v) is 7.40. The summed E-state index contributed by atoms with van der Waals surface area (Å²) in [7, 11) is 2.12. The van der Waals surface area contributed by atoms with Crippen LogP contribution in [0, 0.1) is 6.92 Å². The van der Waals surface area contributed by atoms with E-state index in [0.29, 0.717) is 23.6 Å². The number of aliphatic hydroxyl groups is 1. The molecule has 1 unspecified atom stereocenters. The Morgan fingerprint density at radius 1 is 0.923 bits per heavy atom. The summed E-state index contributed by atoms with van der Waals surface area (Å²) in [6.07, 6.45) is 0.887. The van der Waals surface area contributed by atoms with Gasteiger partial charge in [-0.25, -0.2) is 0 Å². The topological polar surface area (TPSA) is 73.3 Å². The van der Waals surface area contributed by atoms with Gasteiger partial charge in [0.2, 0.25) is 0 Å². The van der Waals surface area contributed by atoms with Crippen LogP contribution in [-0.4, -0.2) is 61.5 Å². The number of anilines is 2. The molecule has 5 rings (SSSR count). The van der Waals surface area contributed by atoms with E-state index >= 15 is 0 Å². The highest BCUT2D eigenvalue weighted by Gasteiger charge is 2.47. The number of amides is 1. The fraction of sp³-hybridized carbons (Fsp3) is 0.312. The third-order valence-electron chi connectivity index (χ3n) is 7.40. The molecule has 0 aliphatic carbocycles. The van der Waals surface area contributed by atoms with Crippen LogP contribution in [0.3, 0.4) is 0 Å². The van der Waals surface area contributed by atoms with Gasteiger partial charge < -0.3 is 19.6 Å². The Morgan fingerprint density at radius 3 is 2.23 bits per heavy atom. The van der Waals surface area contributed by atoms with Gasteiger partial charge in [0.25, 0.3) is 11.7 Å². The lowest BCUT2D eigenvalue weighted by Gasteiger charge is -2.34. The Kier molecular flexibility index (Phi) is 7.70. The molecule has 0 aromatic heterocycles. The fourth-order valence-corrected chi connectivity index (χ4v) is 5.23. The number of Topliss-reactive ketones (excluding diaryl/α,β-unsaturated/α-hetero) is 1. The Bertz CT molecular complexity index is 1370. The number of hydrogen-bond acceptors (Lipinski definition) is 6. The first-order valence-corrected chi connectivity index (χ1v) is 13.5. The van der Waals surface area contributed by atoms with Gasteiger partial charge in [-0.2, -0.15) is 0 Å². The van der Waals surface area contributed by atoms with Crippen LogP contribution in [0.15, 0.2) is 78.4 Å². The molecule has 7 heteroatoms. The summed E-state index contributed by atoms with van der Waals surface area (Å²) in [6.45, 7) is 8.46. The number of carbonyl (C=O) groups excluding carboxylic acids is 2. The number of hydrogen-bond donors (Lipinski definition) is 1. The number of carbonyl (C=O) groups is 2. The predicted octanol–water partition coefficient (Wildman–Crippen LogP) is 5.16. The van der Waals surface area contributed by atoms with Gasteiger partial charge in [0, 0.05) is 43.1 Å². The van der Waals surface area contributed by atoms with E-state index in [9.17, 15) is 14.7 Å². The maximum atomic E-state index is 13.5. The highest BCUT2D eigenvalue weighted by molar-refractivity contribution is 6.51. The molecular formula is C32H35N3O4. The number of rotatable bonds is 7. The summed E-state index contributed by atoms with van der Waals surface area (Å²) in [4.78, 5) is 33.1. The van der Waals surface area contributed by atoms with Crippen LogP contribution in [0.1, 0.15) is 36.1 Å². The summed E-state index contributed by atoms with van der Waals surface area (Å²) in [5, 5.41) is 11.4. The molecule has 2 saturated heterocycles. The first-order chi connectivity index (χ1) is 18.9. The zero-order chi connectivity index (χ0) is 27.5. The van der Waals surface area contributed by atoms with Crippen LogP contribution in [0.5, 0.6) is 5.75 Å². The molecule has 1 N–H and O–H groups in total. The molecule has 7 nitrogen and oxygen atoms in total. The number of aryl methyl sites for hydroxylation is 1. The van der Waals surface area contributed by atoms with E-state index in [4.69, 9.17) is 4.74 Å². The highest BCUT2D eigenvalue weighted by atomic mass is 16.5. The van der Waals surface area contributed by atoms with E-state index in [1.54, 1.807) is 24.3 Å². The second kappa shape index (κ2) is 11.3. The van der Waals surface area contributed by atoms with E-state index in [1.165, 1.54) is 4.90 Å². The number of likely N-dealkylation sites (N-methyl/N-ethyl adjacent to an activating group) is 1. The molecule has 2 heterocycles. The minimum absolute atomic E-state index is 0.0796. The minimum atomic E-state index is -0.754. The Balaban J connectivity index is 1.54. The number of aliphatic hydroxyl groups excluding tert-OH is 1. The molecule has 0 spiro atoms. The molecule has 39 heavy (non-hydrogen) atoms. The van der Waals surface area contributed by atoms with Crippen LogP contribution in [-0.2, 0) is 9.59 Å². The summed E-state index contributed by atoms with van der Waals surface area (Å²) < 4.78 is 5.66. The molecule has 1 atom stereocenters. The molecule has 0 bridgehead atoms. The molecule has 3 aromatic carbocycles. The minimum Gasteiger partial charge on any atom is -0.507 e. The van der Waals surface area contributed by atoms with Crippen LogP contribution < -0.4 is 14.5 Å². The van der Waals surface area contributed by atoms with Gasteiger partial charge in [-0.3, -0.25) is 14.5 Å². The van der Waals surface area contributed by atoms with Gasteiger partial charge >= 0.3 is 0 Å². The molecular weight excluding hydrogens is 490 g/mol. The van der Waals surface area contributed by atoms with Gasteiger partial charge in [-0.1, -0.05) is 36.8 Å². The van der Waals surface area contributed by atoms with Crippen molar-refractivity contribution in [2.24, 2.45) is 0 Å². The van der Waals surface area contributed by atoms with Crippen molar-refractivity contribution in [3.8, 4) is 5.75 Å². The predicted molar refractivity (Wildman–Crippen MR) is 154 cm³/mol. The first kappa shape index (κ1) is 26.5. The van der Waals surface area contributed by atoms with Crippen molar-refractivity contribution in [2.45, 2.75) is 26.3 Å². The van der Waals surface area contributed by atoms with Crippen molar-refractivity contribution in [1.29, 1.82) is 0 Å². The van der Waals surface area contributed by atoms with Crippen LogP contribution in [0.2, 0.25) is 0 Å². The zero-order valence-electron chi connectivity index (χ0n) is 22.8. The molecule has 3 aromatic rings. The smallest absolute Gasteiger partial charge is 0.300 e. The van der Waals surface area contributed by atoms with E-state index < -0.39 is 17.7 Å². The van der Waals surface area contributed by atoms with Crippen LogP contribution in [0.25, 0.3) is 5.76 Å². The largest absolute Gasteiger partial charge is 0.507 e. The first-order valence-electron chi connectivity index (χ1n) is 13.5. The number of piperazine rings is 1. The lowest BCUT2D eigenvalue weighted by Crippen LogP contribution is -2.44. The monoisotopic (exact) mass is 525 g/mol. The number of benzene rings is 3. The average molecular weight is 526 g/mol. The van der Waals surface area contributed by atoms with Crippen molar-refractivity contribution >= 4 is 28.8 Å². The average Bonchev–Trinajstić information content (AvgIpc) is 3.22. The van der Waals surface area contributed by atoms with Crippen molar-refractivity contribution in [3.05, 3.63) is 95.1 Å². The van der Waals surface area contributed by atoms with Gasteiger partial charge in [-0.15, -0.1) is 0 Å². The second-order valence-corrected chi connectivity index (χ2v) is 10.3. The van der Waals surface area contributed by atoms with Crippen LogP contribution >= 0.6 is 0 Å². The third kappa shape index (κ3) is 5.40. The summed E-state index contributed by atoms with van der Waals surface area (Å²) >= 11 is 0. The van der Waals surface area contributed by atoms with E-state index in [-0.39, 0.29) is 11.3 Å². The molecule has 0 radical (unpaired) electrons. The van der Waals surface area contributed by atoms with E-state index in [2.05, 4.69) is 16.8 Å². The molecule has 2 aliphatic heterocycles. The molecule has 1 amide bonds. The Morgan fingerprint density at radius 2 is 1.59 bits per heavy atom. The van der Waals surface area contributed by atoms with E-state index in [1.807, 2.05) is 62.4 Å².